The van der Waals surface area contributed by atoms with Crippen LogP contribution in [0.5, 0.6) is 0 Å². The van der Waals surface area contributed by atoms with Crippen LogP contribution in [0.15, 0.2) is 59.6 Å². The van der Waals surface area contributed by atoms with Gasteiger partial charge in [0, 0.05) is 0 Å². The topological polar surface area (TPSA) is 84.0 Å². The first-order valence-corrected chi connectivity index (χ1v) is 9.35. The molecule has 0 saturated carbocycles. The molecule has 3 aromatic rings. The van der Waals surface area contributed by atoms with Crippen molar-refractivity contribution in [3.8, 4) is 0 Å². The van der Waals surface area contributed by atoms with E-state index in [9.17, 15) is 12.8 Å². The second-order valence-electron chi connectivity index (χ2n) is 5.42. The first-order valence-electron chi connectivity index (χ1n) is 7.49. The molecule has 3 rings (SSSR count). The van der Waals surface area contributed by atoms with Crippen LogP contribution in [0.25, 0.3) is 0 Å². The monoisotopic (exact) mass is 392 g/mol. The van der Waals surface area contributed by atoms with E-state index in [4.69, 9.17) is 11.6 Å². The molecular weight excluding hydrogens is 379 g/mol. The minimum atomic E-state index is -3.81. The molecule has 0 aliphatic heterocycles. The van der Waals surface area contributed by atoms with Crippen LogP contribution in [0.1, 0.15) is 5.56 Å². The number of nitrogens with one attached hydrogen (secondary N) is 2. The SMILES string of the molecule is Cc1ccc(S(=O)(=O)Nc2ccccc2Nc2nc(Cl)ncc2F)cc1. The summed E-state index contributed by atoms with van der Waals surface area (Å²) in [6.45, 7) is 1.87. The van der Waals surface area contributed by atoms with Gasteiger partial charge in [-0.3, -0.25) is 4.72 Å². The van der Waals surface area contributed by atoms with E-state index in [-0.39, 0.29) is 21.7 Å². The summed E-state index contributed by atoms with van der Waals surface area (Å²) >= 11 is 5.68. The van der Waals surface area contributed by atoms with Crippen LogP contribution in [-0.4, -0.2) is 18.4 Å². The number of hydrogen-bond donors (Lipinski definition) is 2. The van der Waals surface area contributed by atoms with E-state index in [2.05, 4.69) is 20.0 Å². The maximum absolute atomic E-state index is 13.8. The highest BCUT2D eigenvalue weighted by Crippen LogP contribution is 2.28. The number of rotatable bonds is 5. The standard InChI is InChI=1S/C17H14ClFN4O2S/c1-11-6-8-12(9-7-11)26(24,25)23-15-5-3-2-4-14(15)21-16-13(19)10-20-17(18)22-16/h2-10,23H,1H3,(H,20,21,22). The summed E-state index contributed by atoms with van der Waals surface area (Å²) in [6, 6.07) is 12.9. The van der Waals surface area contributed by atoms with Crippen LogP contribution in [0.3, 0.4) is 0 Å². The second-order valence-corrected chi connectivity index (χ2v) is 7.45. The van der Waals surface area contributed by atoms with E-state index in [0.717, 1.165) is 11.8 Å². The summed E-state index contributed by atoms with van der Waals surface area (Å²) in [4.78, 5) is 7.42. The fourth-order valence-corrected chi connectivity index (χ4v) is 3.38. The van der Waals surface area contributed by atoms with Crippen LogP contribution in [0, 0.1) is 12.7 Å². The van der Waals surface area contributed by atoms with Gasteiger partial charge in [-0.25, -0.2) is 17.8 Å². The van der Waals surface area contributed by atoms with Gasteiger partial charge < -0.3 is 5.32 Å². The molecule has 0 radical (unpaired) electrons. The summed E-state index contributed by atoms with van der Waals surface area (Å²) in [5.74, 6) is -0.877. The third-order valence-corrected chi connectivity index (χ3v) is 5.03. The Morgan fingerprint density at radius 2 is 1.69 bits per heavy atom. The molecular formula is C17H14ClFN4O2S. The first-order chi connectivity index (χ1) is 12.3. The Morgan fingerprint density at radius 1 is 1.04 bits per heavy atom. The quantitative estimate of drug-likeness (QED) is 0.638. The summed E-state index contributed by atoms with van der Waals surface area (Å²) in [7, 11) is -3.81. The Balaban J connectivity index is 1.92. The fourth-order valence-electron chi connectivity index (χ4n) is 2.16. The van der Waals surface area contributed by atoms with Crippen molar-refractivity contribution in [2.24, 2.45) is 0 Å². The minimum absolute atomic E-state index is 0.120. The van der Waals surface area contributed by atoms with Crippen molar-refractivity contribution >= 4 is 38.8 Å². The molecule has 9 heteroatoms. The van der Waals surface area contributed by atoms with E-state index in [0.29, 0.717) is 5.69 Å². The van der Waals surface area contributed by atoms with Crippen LogP contribution in [0.2, 0.25) is 5.28 Å². The average molecular weight is 393 g/mol. The molecule has 6 nitrogen and oxygen atoms in total. The zero-order valence-electron chi connectivity index (χ0n) is 13.6. The molecule has 0 aliphatic rings. The number of para-hydroxylation sites is 2. The third-order valence-electron chi connectivity index (χ3n) is 3.47. The van der Waals surface area contributed by atoms with E-state index in [1.165, 1.54) is 12.1 Å². The smallest absolute Gasteiger partial charge is 0.261 e. The lowest BCUT2D eigenvalue weighted by Gasteiger charge is -2.14. The maximum Gasteiger partial charge on any atom is 0.261 e. The van der Waals surface area contributed by atoms with E-state index in [1.807, 2.05) is 6.92 Å². The Labute approximate surface area is 155 Å². The van der Waals surface area contributed by atoms with Crippen molar-refractivity contribution < 1.29 is 12.8 Å². The molecule has 0 spiro atoms. The Bertz CT molecular complexity index is 1040. The Hall–Kier alpha value is -2.71. The van der Waals surface area contributed by atoms with Crippen molar-refractivity contribution in [1.82, 2.24) is 9.97 Å². The highest BCUT2D eigenvalue weighted by molar-refractivity contribution is 7.92. The Morgan fingerprint density at radius 3 is 2.38 bits per heavy atom. The molecule has 2 aromatic carbocycles. The molecule has 26 heavy (non-hydrogen) atoms. The lowest BCUT2D eigenvalue weighted by atomic mass is 10.2. The summed E-state index contributed by atoms with van der Waals surface area (Å²) in [6.07, 6.45) is 0.927. The average Bonchev–Trinajstić information content (AvgIpc) is 2.60. The number of anilines is 3. The lowest BCUT2D eigenvalue weighted by Crippen LogP contribution is -2.14. The van der Waals surface area contributed by atoms with Gasteiger partial charge in [0.15, 0.2) is 11.6 Å². The fraction of sp³-hybridized carbons (Fsp3) is 0.0588. The van der Waals surface area contributed by atoms with Crippen molar-refractivity contribution in [2.45, 2.75) is 11.8 Å². The number of sulfonamides is 1. The zero-order chi connectivity index (χ0) is 18.7. The molecule has 1 heterocycles. The van der Waals surface area contributed by atoms with Gasteiger partial charge in [-0.05, 0) is 42.8 Å². The first kappa shape index (κ1) is 18.1. The van der Waals surface area contributed by atoms with E-state index >= 15 is 0 Å². The van der Waals surface area contributed by atoms with Gasteiger partial charge in [0.2, 0.25) is 5.28 Å². The Kier molecular flexibility index (Phi) is 5.06. The highest BCUT2D eigenvalue weighted by atomic mass is 35.5. The number of aryl methyl sites for hydroxylation is 1. The lowest BCUT2D eigenvalue weighted by molar-refractivity contribution is 0.601. The largest absolute Gasteiger partial charge is 0.336 e. The predicted octanol–water partition coefficient (Wildman–Crippen LogP) is 4.12. The molecule has 134 valence electrons. The minimum Gasteiger partial charge on any atom is -0.336 e. The molecule has 2 N–H and O–H groups in total. The molecule has 0 atom stereocenters. The van der Waals surface area contributed by atoms with Crippen molar-refractivity contribution in [3.63, 3.8) is 0 Å². The van der Waals surface area contributed by atoms with Crippen molar-refractivity contribution in [3.05, 3.63) is 71.4 Å². The van der Waals surface area contributed by atoms with Crippen molar-refractivity contribution in [2.75, 3.05) is 10.0 Å². The number of halogens is 2. The van der Waals surface area contributed by atoms with Gasteiger partial charge in [0.1, 0.15) is 0 Å². The van der Waals surface area contributed by atoms with Gasteiger partial charge >= 0.3 is 0 Å². The van der Waals surface area contributed by atoms with E-state index in [1.54, 1.807) is 36.4 Å². The van der Waals surface area contributed by atoms with Gasteiger partial charge in [0.05, 0.1) is 22.5 Å². The van der Waals surface area contributed by atoms with Gasteiger partial charge in [-0.1, -0.05) is 29.8 Å². The summed E-state index contributed by atoms with van der Waals surface area (Å²) in [5.41, 5.74) is 1.50. The van der Waals surface area contributed by atoms with Crippen LogP contribution >= 0.6 is 11.6 Å². The predicted molar refractivity (Wildman–Crippen MR) is 98.7 cm³/mol. The van der Waals surface area contributed by atoms with E-state index < -0.39 is 15.8 Å². The number of nitrogens with zero attached hydrogens (tertiary/aromatic N) is 2. The summed E-state index contributed by atoms with van der Waals surface area (Å²) < 4.78 is 41.5. The molecule has 0 fully saturated rings. The van der Waals surface area contributed by atoms with Crippen molar-refractivity contribution in [1.29, 1.82) is 0 Å². The van der Waals surface area contributed by atoms with Crippen LogP contribution in [0.4, 0.5) is 21.6 Å². The van der Waals surface area contributed by atoms with Gasteiger partial charge in [0.25, 0.3) is 10.0 Å². The molecule has 0 amide bonds. The van der Waals surface area contributed by atoms with Gasteiger partial charge in [-0.2, -0.15) is 4.98 Å². The highest BCUT2D eigenvalue weighted by Gasteiger charge is 2.16. The maximum atomic E-state index is 13.8. The van der Waals surface area contributed by atoms with Gasteiger partial charge in [-0.15, -0.1) is 0 Å². The zero-order valence-corrected chi connectivity index (χ0v) is 15.1. The molecule has 0 aliphatic carbocycles. The summed E-state index contributed by atoms with van der Waals surface area (Å²) in [5, 5.41) is 2.59. The van der Waals surface area contributed by atoms with Crippen LogP contribution in [-0.2, 0) is 10.0 Å². The second kappa shape index (κ2) is 7.27. The normalized spacial score (nSPS) is 11.2. The molecule has 0 bridgehead atoms. The third kappa shape index (κ3) is 4.09. The molecule has 0 unspecified atom stereocenters. The number of hydrogen-bond acceptors (Lipinski definition) is 5. The molecule has 1 aromatic heterocycles. The number of benzene rings is 2. The molecule has 0 saturated heterocycles. The number of aromatic nitrogens is 2. The van der Waals surface area contributed by atoms with Crippen LogP contribution < -0.4 is 10.0 Å².